The molecule has 2 aromatic carbocycles. The third-order valence-electron chi connectivity index (χ3n) is 4.50. The van der Waals surface area contributed by atoms with Gasteiger partial charge < -0.3 is 19.7 Å². The fraction of sp³-hybridized carbons (Fsp3) is 0.333. The van der Waals surface area contributed by atoms with E-state index in [1.165, 1.54) is 0 Å². The first-order valence-electron chi connectivity index (χ1n) is 9.10. The van der Waals surface area contributed by atoms with Gasteiger partial charge >= 0.3 is 0 Å². The number of ether oxygens (including phenoxy) is 2. The Morgan fingerprint density at radius 1 is 1.15 bits per heavy atom. The number of methoxy groups -OCH3 is 1. The van der Waals surface area contributed by atoms with Gasteiger partial charge in [-0.3, -0.25) is 9.59 Å². The van der Waals surface area contributed by atoms with E-state index in [1.807, 2.05) is 31.2 Å². The molecular formula is C21H24N2O4. The highest BCUT2D eigenvalue weighted by atomic mass is 16.5. The van der Waals surface area contributed by atoms with Crippen LogP contribution in [0.5, 0.6) is 11.5 Å². The summed E-state index contributed by atoms with van der Waals surface area (Å²) in [6.07, 6.45) is 1.52. The number of nitrogens with one attached hydrogen (secondary N) is 1. The van der Waals surface area contributed by atoms with E-state index < -0.39 is 0 Å². The van der Waals surface area contributed by atoms with E-state index in [-0.39, 0.29) is 11.8 Å². The average Bonchev–Trinajstić information content (AvgIpc) is 3.12. The van der Waals surface area contributed by atoms with Gasteiger partial charge in [-0.05, 0) is 49.2 Å². The summed E-state index contributed by atoms with van der Waals surface area (Å²) in [6.45, 7) is 3.55. The van der Waals surface area contributed by atoms with E-state index >= 15 is 0 Å². The second kappa shape index (κ2) is 8.58. The van der Waals surface area contributed by atoms with E-state index in [9.17, 15) is 9.59 Å². The Morgan fingerprint density at radius 2 is 1.93 bits per heavy atom. The van der Waals surface area contributed by atoms with E-state index in [4.69, 9.17) is 9.47 Å². The van der Waals surface area contributed by atoms with Crippen LogP contribution in [-0.4, -0.2) is 32.1 Å². The number of nitrogens with zero attached hydrogens (tertiary/aromatic N) is 1. The zero-order valence-electron chi connectivity index (χ0n) is 15.7. The predicted molar refractivity (Wildman–Crippen MR) is 103 cm³/mol. The molecule has 2 aromatic rings. The van der Waals surface area contributed by atoms with Crippen LogP contribution in [0.3, 0.4) is 0 Å². The monoisotopic (exact) mass is 368 g/mol. The summed E-state index contributed by atoms with van der Waals surface area (Å²) in [4.78, 5) is 26.0. The highest BCUT2D eigenvalue weighted by Gasteiger charge is 2.21. The van der Waals surface area contributed by atoms with E-state index in [1.54, 1.807) is 30.2 Å². The minimum atomic E-state index is -0.183. The van der Waals surface area contributed by atoms with Crippen LogP contribution in [0, 0.1) is 0 Å². The number of hydrogen-bond donors (Lipinski definition) is 1. The molecule has 0 aliphatic carbocycles. The minimum absolute atomic E-state index is 0.167. The molecule has 0 radical (unpaired) electrons. The molecule has 1 N–H and O–H groups in total. The first-order valence-corrected chi connectivity index (χ1v) is 9.10. The first kappa shape index (κ1) is 18.8. The molecule has 0 aromatic heterocycles. The second-order valence-electron chi connectivity index (χ2n) is 6.30. The van der Waals surface area contributed by atoms with Crippen molar-refractivity contribution in [2.75, 3.05) is 25.2 Å². The summed E-state index contributed by atoms with van der Waals surface area (Å²) in [6, 6.07) is 12.8. The van der Waals surface area contributed by atoms with Crippen molar-refractivity contribution in [3.05, 3.63) is 53.6 Å². The van der Waals surface area contributed by atoms with E-state index in [0.29, 0.717) is 36.6 Å². The number of carbonyl (C=O) groups is 2. The Bertz CT molecular complexity index is 817. The van der Waals surface area contributed by atoms with Crippen molar-refractivity contribution < 1.29 is 19.1 Å². The predicted octanol–water partition coefficient (Wildman–Crippen LogP) is 3.15. The zero-order valence-corrected chi connectivity index (χ0v) is 15.7. The van der Waals surface area contributed by atoms with Crippen LogP contribution in [0.1, 0.15) is 35.7 Å². The van der Waals surface area contributed by atoms with Crippen LogP contribution in [0.4, 0.5) is 5.69 Å². The van der Waals surface area contributed by atoms with Crippen LogP contribution in [0.2, 0.25) is 0 Å². The number of carbonyl (C=O) groups excluding carboxylic acids is 2. The van der Waals surface area contributed by atoms with Crippen molar-refractivity contribution in [1.82, 2.24) is 5.32 Å². The third kappa shape index (κ3) is 4.39. The second-order valence-corrected chi connectivity index (χ2v) is 6.30. The van der Waals surface area contributed by atoms with Gasteiger partial charge in [0.25, 0.3) is 5.91 Å². The summed E-state index contributed by atoms with van der Waals surface area (Å²) in [5.41, 5.74) is 2.39. The van der Waals surface area contributed by atoms with Gasteiger partial charge in [0.1, 0.15) is 0 Å². The average molecular weight is 368 g/mol. The van der Waals surface area contributed by atoms with Gasteiger partial charge in [-0.15, -0.1) is 0 Å². The fourth-order valence-corrected chi connectivity index (χ4v) is 3.09. The van der Waals surface area contributed by atoms with Crippen molar-refractivity contribution in [3.8, 4) is 11.5 Å². The molecule has 27 heavy (non-hydrogen) atoms. The largest absolute Gasteiger partial charge is 0.493 e. The SMILES string of the molecule is CCOc1cc(C(=O)NCc2ccc(N3CCCC3=O)cc2)ccc1OC. The number of amides is 2. The first-order chi connectivity index (χ1) is 13.1. The molecule has 6 heteroatoms. The summed E-state index contributed by atoms with van der Waals surface area (Å²) < 4.78 is 10.8. The van der Waals surface area contributed by atoms with Gasteiger partial charge in [0, 0.05) is 30.8 Å². The fourth-order valence-electron chi connectivity index (χ4n) is 3.09. The minimum Gasteiger partial charge on any atom is -0.493 e. The van der Waals surface area contributed by atoms with Gasteiger partial charge in [-0.1, -0.05) is 12.1 Å². The maximum absolute atomic E-state index is 12.4. The zero-order chi connectivity index (χ0) is 19.2. The maximum Gasteiger partial charge on any atom is 0.251 e. The highest BCUT2D eigenvalue weighted by molar-refractivity contribution is 5.95. The molecule has 0 spiro atoms. The molecule has 0 atom stereocenters. The van der Waals surface area contributed by atoms with Crippen molar-refractivity contribution in [2.24, 2.45) is 0 Å². The lowest BCUT2D eigenvalue weighted by molar-refractivity contribution is -0.117. The molecule has 1 fully saturated rings. The number of hydrogen-bond acceptors (Lipinski definition) is 4. The van der Waals surface area contributed by atoms with Gasteiger partial charge in [0.05, 0.1) is 13.7 Å². The molecule has 1 saturated heterocycles. The summed E-state index contributed by atoms with van der Waals surface area (Å²) in [5, 5.41) is 2.90. The number of benzene rings is 2. The van der Waals surface area contributed by atoms with Crippen LogP contribution in [0.15, 0.2) is 42.5 Å². The van der Waals surface area contributed by atoms with Gasteiger partial charge in [0.2, 0.25) is 5.91 Å². The van der Waals surface area contributed by atoms with Crippen molar-refractivity contribution in [2.45, 2.75) is 26.3 Å². The Kier molecular flexibility index (Phi) is 5.96. The van der Waals surface area contributed by atoms with E-state index in [2.05, 4.69) is 5.32 Å². The van der Waals surface area contributed by atoms with Gasteiger partial charge in [0.15, 0.2) is 11.5 Å². The molecule has 0 saturated carbocycles. The Balaban J connectivity index is 1.62. The summed E-state index contributed by atoms with van der Waals surface area (Å²) in [7, 11) is 1.57. The lowest BCUT2D eigenvalue weighted by Crippen LogP contribution is -2.24. The van der Waals surface area contributed by atoms with E-state index in [0.717, 1.165) is 24.2 Å². The molecule has 142 valence electrons. The number of anilines is 1. The normalized spacial score (nSPS) is 13.6. The molecule has 3 rings (SSSR count). The highest BCUT2D eigenvalue weighted by Crippen LogP contribution is 2.28. The molecule has 1 aliphatic heterocycles. The number of rotatable bonds is 7. The van der Waals surface area contributed by atoms with Crippen LogP contribution >= 0.6 is 0 Å². The van der Waals surface area contributed by atoms with Gasteiger partial charge in [-0.2, -0.15) is 0 Å². The summed E-state index contributed by atoms with van der Waals surface area (Å²) in [5.74, 6) is 1.13. The molecular weight excluding hydrogens is 344 g/mol. The van der Waals surface area contributed by atoms with Crippen LogP contribution < -0.4 is 19.7 Å². The standard InChI is InChI=1S/C21H24N2O4/c1-3-27-19-13-16(8-11-18(19)26-2)21(25)22-14-15-6-9-17(10-7-15)23-12-4-5-20(23)24/h6-11,13H,3-5,12,14H2,1-2H3,(H,22,25). The topological polar surface area (TPSA) is 67.9 Å². The van der Waals surface area contributed by atoms with Crippen molar-refractivity contribution in [3.63, 3.8) is 0 Å². The van der Waals surface area contributed by atoms with Crippen LogP contribution in [0.25, 0.3) is 0 Å². The Hall–Kier alpha value is -3.02. The lowest BCUT2D eigenvalue weighted by atomic mass is 10.1. The molecule has 6 nitrogen and oxygen atoms in total. The smallest absolute Gasteiger partial charge is 0.251 e. The molecule has 1 aliphatic rings. The molecule has 0 unspecified atom stereocenters. The Morgan fingerprint density at radius 3 is 2.56 bits per heavy atom. The van der Waals surface area contributed by atoms with Gasteiger partial charge in [-0.25, -0.2) is 0 Å². The molecule has 1 heterocycles. The van der Waals surface area contributed by atoms with Crippen molar-refractivity contribution in [1.29, 1.82) is 0 Å². The molecule has 0 bridgehead atoms. The maximum atomic E-state index is 12.4. The Labute approximate surface area is 159 Å². The third-order valence-corrected chi connectivity index (χ3v) is 4.50. The summed E-state index contributed by atoms with van der Waals surface area (Å²) >= 11 is 0. The van der Waals surface area contributed by atoms with Crippen molar-refractivity contribution >= 4 is 17.5 Å². The van der Waals surface area contributed by atoms with Crippen LogP contribution in [-0.2, 0) is 11.3 Å². The molecule has 2 amide bonds. The lowest BCUT2D eigenvalue weighted by Gasteiger charge is -2.16. The quantitative estimate of drug-likeness (QED) is 0.815.